The maximum atomic E-state index is 14.0. The van der Waals surface area contributed by atoms with Crippen LogP contribution in [-0.4, -0.2) is 27.3 Å². The first-order valence-corrected chi connectivity index (χ1v) is 11.4. The Hall–Kier alpha value is -3.06. The molecule has 1 atom stereocenters. The summed E-state index contributed by atoms with van der Waals surface area (Å²) in [6, 6.07) is 8.62. The van der Waals surface area contributed by atoms with Crippen molar-refractivity contribution in [3.8, 4) is 0 Å². The van der Waals surface area contributed by atoms with Crippen LogP contribution in [0.4, 0.5) is 5.69 Å². The molecule has 168 valence electrons. The van der Waals surface area contributed by atoms with Crippen molar-refractivity contribution < 1.29 is 9.59 Å². The van der Waals surface area contributed by atoms with E-state index >= 15 is 0 Å². The molecule has 0 saturated heterocycles. The number of benzene rings is 1. The molecule has 0 radical (unpaired) electrons. The van der Waals surface area contributed by atoms with Crippen molar-refractivity contribution in [2.75, 3.05) is 4.90 Å². The fourth-order valence-corrected chi connectivity index (χ4v) is 4.44. The molecule has 2 amide bonds. The van der Waals surface area contributed by atoms with Gasteiger partial charge < -0.3 is 5.32 Å². The second-order valence-electron chi connectivity index (χ2n) is 9.03. The SMILES string of the molecule is Cc1ccc(C)c(N(C(=O)c2sc(C)nc2C)C(C(=O)NC(C)(C)C)c2ccncc2)c1. The van der Waals surface area contributed by atoms with E-state index in [1.807, 2.05) is 66.7 Å². The monoisotopic (exact) mass is 450 g/mol. The topological polar surface area (TPSA) is 75.2 Å². The van der Waals surface area contributed by atoms with Crippen molar-refractivity contribution in [2.24, 2.45) is 0 Å². The van der Waals surface area contributed by atoms with E-state index in [2.05, 4.69) is 15.3 Å². The van der Waals surface area contributed by atoms with Crippen LogP contribution in [0.1, 0.15) is 63.9 Å². The van der Waals surface area contributed by atoms with Crippen LogP contribution in [0.5, 0.6) is 0 Å². The molecule has 0 spiro atoms. The Bertz CT molecular complexity index is 1130. The van der Waals surface area contributed by atoms with Gasteiger partial charge in [0.1, 0.15) is 10.9 Å². The number of carbonyl (C=O) groups is 2. The van der Waals surface area contributed by atoms with E-state index in [1.165, 1.54) is 11.3 Å². The van der Waals surface area contributed by atoms with E-state index in [-0.39, 0.29) is 11.8 Å². The Balaban J connectivity index is 2.26. The third-order valence-electron chi connectivity index (χ3n) is 4.97. The third-order valence-corrected chi connectivity index (χ3v) is 6.03. The highest BCUT2D eigenvalue weighted by Crippen LogP contribution is 2.34. The lowest BCUT2D eigenvalue weighted by Gasteiger charge is -2.34. The molecular formula is C25H30N4O2S. The quantitative estimate of drug-likeness (QED) is 0.589. The summed E-state index contributed by atoms with van der Waals surface area (Å²) < 4.78 is 0. The molecule has 1 aromatic carbocycles. The Morgan fingerprint density at radius 1 is 1.03 bits per heavy atom. The standard InChI is InChI=1S/C25H30N4O2S/c1-15-8-9-16(2)20(14-15)29(24(31)22-17(3)27-18(4)32-22)21(19-10-12-26-13-11-19)23(30)28-25(5,6)7/h8-14,21H,1-7H3,(H,28,30). The molecule has 0 fully saturated rings. The van der Waals surface area contributed by atoms with Gasteiger partial charge in [-0.1, -0.05) is 12.1 Å². The molecule has 3 rings (SSSR count). The van der Waals surface area contributed by atoms with E-state index in [0.29, 0.717) is 21.8 Å². The van der Waals surface area contributed by atoms with Crippen molar-refractivity contribution >= 4 is 28.8 Å². The first-order valence-electron chi connectivity index (χ1n) is 10.5. The second kappa shape index (κ2) is 9.20. The number of hydrogen-bond donors (Lipinski definition) is 1. The van der Waals surface area contributed by atoms with Crippen LogP contribution >= 0.6 is 11.3 Å². The van der Waals surface area contributed by atoms with Gasteiger partial charge in [-0.2, -0.15) is 0 Å². The van der Waals surface area contributed by atoms with Crippen molar-refractivity contribution in [1.29, 1.82) is 0 Å². The molecular weight excluding hydrogens is 420 g/mol. The van der Waals surface area contributed by atoms with E-state index in [4.69, 9.17) is 0 Å². The molecule has 7 heteroatoms. The molecule has 0 saturated carbocycles. The van der Waals surface area contributed by atoms with Gasteiger partial charge in [-0.05, 0) is 83.4 Å². The minimum Gasteiger partial charge on any atom is -0.349 e. The van der Waals surface area contributed by atoms with Crippen LogP contribution in [-0.2, 0) is 4.79 Å². The van der Waals surface area contributed by atoms with E-state index in [0.717, 1.165) is 16.1 Å². The van der Waals surface area contributed by atoms with Crippen LogP contribution in [0, 0.1) is 27.7 Å². The van der Waals surface area contributed by atoms with Gasteiger partial charge >= 0.3 is 0 Å². The van der Waals surface area contributed by atoms with Crippen LogP contribution in [0.3, 0.4) is 0 Å². The maximum Gasteiger partial charge on any atom is 0.271 e. The van der Waals surface area contributed by atoms with Gasteiger partial charge in [0, 0.05) is 23.6 Å². The average Bonchev–Trinajstić information content (AvgIpc) is 3.05. The lowest BCUT2D eigenvalue weighted by molar-refractivity contribution is -0.123. The highest BCUT2D eigenvalue weighted by Gasteiger charge is 2.36. The van der Waals surface area contributed by atoms with Crippen molar-refractivity contribution in [1.82, 2.24) is 15.3 Å². The number of hydrogen-bond acceptors (Lipinski definition) is 5. The number of carbonyl (C=O) groups excluding carboxylic acids is 2. The van der Waals surface area contributed by atoms with Gasteiger partial charge in [-0.3, -0.25) is 19.5 Å². The number of aryl methyl sites for hydroxylation is 4. The van der Waals surface area contributed by atoms with Crippen LogP contribution < -0.4 is 10.2 Å². The van der Waals surface area contributed by atoms with Gasteiger partial charge in [0.2, 0.25) is 5.91 Å². The Kier molecular flexibility index (Phi) is 6.79. The summed E-state index contributed by atoms with van der Waals surface area (Å²) >= 11 is 1.35. The van der Waals surface area contributed by atoms with E-state index in [9.17, 15) is 9.59 Å². The number of rotatable bonds is 5. The Morgan fingerprint density at radius 2 is 1.69 bits per heavy atom. The Labute approximate surface area is 193 Å². The lowest BCUT2D eigenvalue weighted by atomic mass is 10.00. The summed E-state index contributed by atoms with van der Waals surface area (Å²) in [6.07, 6.45) is 3.28. The minimum absolute atomic E-state index is 0.243. The molecule has 1 unspecified atom stereocenters. The molecule has 0 aliphatic heterocycles. The number of aromatic nitrogens is 2. The summed E-state index contributed by atoms with van der Waals surface area (Å²) in [5.41, 5.74) is 3.50. The number of thiazole rings is 1. The average molecular weight is 451 g/mol. The van der Waals surface area contributed by atoms with Crippen molar-refractivity contribution in [3.05, 3.63) is 75.0 Å². The molecule has 0 aliphatic rings. The predicted octanol–water partition coefficient (Wildman–Crippen LogP) is 5.07. The zero-order valence-electron chi connectivity index (χ0n) is 19.7. The smallest absolute Gasteiger partial charge is 0.271 e. The zero-order valence-corrected chi connectivity index (χ0v) is 20.5. The molecule has 3 aromatic rings. The minimum atomic E-state index is -0.868. The molecule has 1 N–H and O–H groups in total. The summed E-state index contributed by atoms with van der Waals surface area (Å²) in [5.74, 6) is -0.496. The summed E-state index contributed by atoms with van der Waals surface area (Å²) in [6.45, 7) is 13.4. The molecule has 32 heavy (non-hydrogen) atoms. The maximum absolute atomic E-state index is 14.0. The molecule has 2 heterocycles. The molecule has 0 bridgehead atoms. The summed E-state index contributed by atoms with van der Waals surface area (Å²) in [7, 11) is 0. The Morgan fingerprint density at radius 3 is 2.25 bits per heavy atom. The van der Waals surface area contributed by atoms with Crippen LogP contribution in [0.2, 0.25) is 0 Å². The van der Waals surface area contributed by atoms with Gasteiger partial charge in [-0.25, -0.2) is 4.98 Å². The first-order chi connectivity index (χ1) is 15.0. The normalized spacial score (nSPS) is 12.3. The van der Waals surface area contributed by atoms with Crippen LogP contribution in [0.15, 0.2) is 42.7 Å². The number of nitrogens with one attached hydrogen (secondary N) is 1. The van der Waals surface area contributed by atoms with Crippen LogP contribution in [0.25, 0.3) is 0 Å². The highest BCUT2D eigenvalue weighted by molar-refractivity contribution is 7.13. The summed E-state index contributed by atoms with van der Waals surface area (Å²) in [4.78, 5) is 38.4. The lowest BCUT2D eigenvalue weighted by Crippen LogP contribution is -2.49. The van der Waals surface area contributed by atoms with Crippen molar-refractivity contribution in [3.63, 3.8) is 0 Å². The fraction of sp³-hybridized carbons (Fsp3) is 0.360. The van der Waals surface area contributed by atoms with E-state index in [1.54, 1.807) is 29.4 Å². The van der Waals surface area contributed by atoms with Gasteiger partial charge in [0.25, 0.3) is 5.91 Å². The first kappa shape index (κ1) is 23.6. The number of amides is 2. The van der Waals surface area contributed by atoms with Gasteiger partial charge in [0.05, 0.1) is 10.7 Å². The van der Waals surface area contributed by atoms with Crippen molar-refractivity contribution in [2.45, 2.75) is 60.0 Å². The zero-order chi connectivity index (χ0) is 23.6. The highest BCUT2D eigenvalue weighted by atomic mass is 32.1. The largest absolute Gasteiger partial charge is 0.349 e. The molecule has 2 aromatic heterocycles. The van der Waals surface area contributed by atoms with E-state index < -0.39 is 11.6 Å². The number of anilines is 1. The van der Waals surface area contributed by atoms with Gasteiger partial charge in [-0.15, -0.1) is 11.3 Å². The molecule has 6 nitrogen and oxygen atoms in total. The predicted molar refractivity (Wildman–Crippen MR) is 129 cm³/mol. The number of nitrogens with zero attached hydrogens (tertiary/aromatic N) is 3. The number of pyridine rings is 1. The fourth-order valence-electron chi connectivity index (χ4n) is 3.59. The second-order valence-corrected chi connectivity index (χ2v) is 10.2. The summed E-state index contributed by atoms with van der Waals surface area (Å²) in [5, 5.41) is 3.87. The third kappa shape index (κ3) is 5.22. The molecule has 0 aliphatic carbocycles. The van der Waals surface area contributed by atoms with Gasteiger partial charge in [0.15, 0.2) is 0 Å².